The highest BCUT2D eigenvalue weighted by molar-refractivity contribution is 9.10. The number of rotatable bonds is 4. The van der Waals surface area contributed by atoms with E-state index in [-0.39, 0.29) is 0 Å². The third-order valence-electron chi connectivity index (χ3n) is 2.99. The van der Waals surface area contributed by atoms with Crippen molar-refractivity contribution in [1.82, 2.24) is 20.2 Å². The summed E-state index contributed by atoms with van der Waals surface area (Å²) >= 11 is 3.40. The van der Waals surface area contributed by atoms with Gasteiger partial charge in [-0.05, 0) is 46.3 Å². The van der Waals surface area contributed by atoms with Crippen molar-refractivity contribution >= 4 is 15.9 Å². The summed E-state index contributed by atoms with van der Waals surface area (Å²) in [4.78, 5) is 0. The fourth-order valence-electron chi connectivity index (χ4n) is 1.90. The molecule has 6 nitrogen and oxygen atoms in total. The first-order valence-electron chi connectivity index (χ1n) is 6.41. The molecule has 0 saturated carbocycles. The number of benzene rings is 2. The lowest BCUT2D eigenvalue weighted by Gasteiger charge is -2.11. The van der Waals surface area contributed by atoms with E-state index in [0.717, 1.165) is 10.0 Å². The summed E-state index contributed by atoms with van der Waals surface area (Å²) in [7, 11) is 0. The van der Waals surface area contributed by atoms with Crippen LogP contribution in [0.3, 0.4) is 0 Å². The zero-order chi connectivity index (χ0) is 15.4. The molecule has 0 bridgehead atoms. The van der Waals surface area contributed by atoms with E-state index < -0.39 is 0 Å². The van der Waals surface area contributed by atoms with E-state index in [1.54, 1.807) is 18.2 Å². The molecule has 0 fully saturated rings. The maximum absolute atomic E-state index is 9.03. The normalized spacial score (nSPS) is 10.2. The molecule has 1 aromatic heterocycles. The fraction of sp³-hybridized carbons (Fsp3) is 0.0667. The molecular weight excluding hydrogens is 346 g/mol. The number of hydrogen-bond acceptors (Lipinski definition) is 5. The van der Waals surface area contributed by atoms with E-state index in [9.17, 15) is 0 Å². The van der Waals surface area contributed by atoms with Gasteiger partial charge in [0.1, 0.15) is 24.4 Å². The zero-order valence-electron chi connectivity index (χ0n) is 11.3. The molecule has 0 aliphatic heterocycles. The molecular formula is C15H10BrN5O. The van der Waals surface area contributed by atoms with Gasteiger partial charge in [0, 0.05) is 4.47 Å². The van der Waals surface area contributed by atoms with Gasteiger partial charge in [0.15, 0.2) is 0 Å². The first-order chi connectivity index (χ1) is 10.8. The van der Waals surface area contributed by atoms with Crippen LogP contribution in [-0.4, -0.2) is 20.2 Å². The minimum absolute atomic E-state index is 0.411. The summed E-state index contributed by atoms with van der Waals surface area (Å²) in [5, 5.41) is 20.1. The second-order valence-electron chi connectivity index (χ2n) is 4.46. The molecule has 0 radical (unpaired) electrons. The smallest absolute Gasteiger partial charge is 0.145 e. The second kappa shape index (κ2) is 6.37. The van der Waals surface area contributed by atoms with Crippen LogP contribution in [0, 0.1) is 11.3 Å². The summed E-state index contributed by atoms with van der Waals surface area (Å²) in [6.07, 6.45) is 1.46. The van der Waals surface area contributed by atoms with Gasteiger partial charge in [-0.1, -0.05) is 28.1 Å². The highest BCUT2D eigenvalue weighted by Crippen LogP contribution is 2.24. The van der Waals surface area contributed by atoms with E-state index in [1.807, 2.05) is 24.3 Å². The Balaban J connectivity index is 1.87. The van der Waals surface area contributed by atoms with Crippen LogP contribution >= 0.6 is 15.9 Å². The van der Waals surface area contributed by atoms with Gasteiger partial charge in [-0.3, -0.25) is 0 Å². The highest BCUT2D eigenvalue weighted by atomic mass is 79.9. The molecule has 108 valence electrons. The quantitative estimate of drug-likeness (QED) is 0.719. The van der Waals surface area contributed by atoms with E-state index in [0.29, 0.717) is 23.6 Å². The van der Waals surface area contributed by atoms with Crippen LogP contribution in [0.4, 0.5) is 0 Å². The molecule has 0 aliphatic carbocycles. The lowest BCUT2D eigenvalue weighted by molar-refractivity contribution is 0.304. The Labute approximate surface area is 135 Å². The SMILES string of the molecule is N#Cc1ccc(OCc2ccc(Br)cc2)c(-n2cnnn2)c1. The minimum atomic E-state index is 0.411. The average molecular weight is 356 g/mol. The monoisotopic (exact) mass is 355 g/mol. The largest absolute Gasteiger partial charge is 0.487 e. The number of tetrazole rings is 1. The first-order valence-corrected chi connectivity index (χ1v) is 7.20. The van der Waals surface area contributed by atoms with E-state index in [4.69, 9.17) is 10.00 Å². The molecule has 1 heterocycles. The van der Waals surface area contributed by atoms with Crippen LogP contribution in [0.5, 0.6) is 5.75 Å². The van der Waals surface area contributed by atoms with Crippen molar-refractivity contribution < 1.29 is 4.74 Å². The van der Waals surface area contributed by atoms with Gasteiger partial charge in [-0.2, -0.15) is 9.94 Å². The molecule has 0 aliphatic rings. The van der Waals surface area contributed by atoms with Crippen molar-refractivity contribution in [3.8, 4) is 17.5 Å². The van der Waals surface area contributed by atoms with Gasteiger partial charge in [-0.25, -0.2) is 0 Å². The lowest BCUT2D eigenvalue weighted by atomic mass is 10.2. The third kappa shape index (κ3) is 3.13. The number of nitrogens with zero attached hydrogens (tertiary/aromatic N) is 5. The van der Waals surface area contributed by atoms with Crippen LogP contribution in [0.25, 0.3) is 5.69 Å². The molecule has 7 heteroatoms. The molecule has 0 unspecified atom stereocenters. The molecule has 0 saturated heterocycles. The molecule has 3 aromatic rings. The van der Waals surface area contributed by atoms with Gasteiger partial charge in [-0.15, -0.1) is 5.10 Å². The van der Waals surface area contributed by atoms with Crippen LogP contribution < -0.4 is 4.74 Å². The fourth-order valence-corrected chi connectivity index (χ4v) is 2.17. The topological polar surface area (TPSA) is 76.6 Å². The Morgan fingerprint density at radius 3 is 2.68 bits per heavy atom. The van der Waals surface area contributed by atoms with Crippen molar-refractivity contribution in [1.29, 1.82) is 5.26 Å². The summed E-state index contributed by atoms with van der Waals surface area (Å²) in [5.41, 5.74) is 2.18. The van der Waals surface area contributed by atoms with Gasteiger partial charge in [0.05, 0.1) is 11.6 Å². The Kier molecular flexibility index (Phi) is 4.12. The first kappa shape index (κ1) is 14.2. The lowest BCUT2D eigenvalue weighted by Crippen LogP contribution is -2.02. The number of aromatic nitrogens is 4. The van der Waals surface area contributed by atoms with Crippen LogP contribution in [0.15, 0.2) is 53.3 Å². The predicted molar refractivity (Wildman–Crippen MR) is 82.3 cm³/mol. The molecule has 0 atom stereocenters. The molecule has 0 amide bonds. The summed E-state index contributed by atoms with van der Waals surface area (Å²) in [5.74, 6) is 0.606. The molecule has 3 rings (SSSR count). The van der Waals surface area contributed by atoms with Crippen LogP contribution in [-0.2, 0) is 6.61 Å². The zero-order valence-corrected chi connectivity index (χ0v) is 12.9. The number of halogens is 1. The predicted octanol–water partition coefficient (Wildman–Crippen LogP) is 2.88. The Morgan fingerprint density at radius 2 is 2.00 bits per heavy atom. The maximum atomic E-state index is 9.03. The average Bonchev–Trinajstić information content (AvgIpc) is 3.08. The Hall–Kier alpha value is -2.72. The second-order valence-corrected chi connectivity index (χ2v) is 5.38. The van der Waals surface area contributed by atoms with Gasteiger partial charge < -0.3 is 4.74 Å². The summed E-state index contributed by atoms with van der Waals surface area (Å²) in [6.45, 7) is 0.411. The molecule has 2 aromatic carbocycles. The Bertz CT molecular complexity index is 809. The van der Waals surface area contributed by atoms with Crippen molar-refractivity contribution in [3.05, 3.63) is 64.4 Å². The van der Waals surface area contributed by atoms with Gasteiger partial charge >= 0.3 is 0 Å². The van der Waals surface area contributed by atoms with Crippen molar-refractivity contribution in [3.63, 3.8) is 0 Å². The minimum Gasteiger partial charge on any atom is -0.487 e. The summed E-state index contributed by atoms with van der Waals surface area (Å²) in [6, 6.07) is 15.1. The van der Waals surface area contributed by atoms with Gasteiger partial charge in [0.25, 0.3) is 0 Å². The van der Waals surface area contributed by atoms with E-state index in [2.05, 4.69) is 37.5 Å². The molecule has 0 spiro atoms. The number of hydrogen-bond donors (Lipinski definition) is 0. The molecule has 22 heavy (non-hydrogen) atoms. The van der Waals surface area contributed by atoms with E-state index >= 15 is 0 Å². The number of ether oxygens (including phenoxy) is 1. The Morgan fingerprint density at radius 1 is 1.18 bits per heavy atom. The van der Waals surface area contributed by atoms with Crippen molar-refractivity contribution in [2.45, 2.75) is 6.61 Å². The summed E-state index contributed by atoms with van der Waals surface area (Å²) < 4.78 is 8.33. The maximum Gasteiger partial charge on any atom is 0.145 e. The standard InChI is InChI=1S/C15H10BrN5O/c16-13-4-1-11(2-5-13)9-22-15-6-3-12(8-17)7-14(15)21-10-18-19-20-21/h1-7,10H,9H2. The third-order valence-corrected chi connectivity index (χ3v) is 3.52. The van der Waals surface area contributed by atoms with Gasteiger partial charge in [0.2, 0.25) is 0 Å². The van der Waals surface area contributed by atoms with Crippen LogP contribution in [0.2, 0.25) is 0 Å². The number of nitriles is 1. The highest BCUT2D eigenvalue weighted by Gasteiger charge is 2.09. The van der Waals surface area contributed by atoms with Crippen molar-refractivity contribution in [2.24, 2.45) is 0 Å². The molecule has 0 N–H and O–H groups in total. The van der Waals surface area contributed by atoms with Crippen LogP contribution in [0.1, 0.15) is 11.1 Å². The van der Waals surface area contributed by atoms with Crippen molar-refractivity contribution in [2.75, 3.05) is 0 Å². The van der Waals surface area contributed by atoms with E-state index in [1.165, 1.54) is 11.0 Å².